The predicted molar refractivity (Wildman–Crippen MR) is 112 cm³/mol. The third-order valence-corrected chi connectivity index (χ3v) is 5.67. The molecule has 0 aliphatic rings. The largest absolute Gasteiger partial charge is 0.352 e. The van der Waals surface area contributed by atoms with Gasteiger partial charge < -0.3 is 14.4 Å². The van der Waals surface area contributed by atoms with E-state index >= 15 is 0 Å². The van der Waals surface area contributed by atoms with E-state index in [0.29, 0.717) is 24.3 Å². The number of aryl methyl sites for hydroxylation is 2. The van der Waals surface area contributed by atoms with E-state index < -0.39 is 0 Å². The normalized spacial score (nSPS) is 11.3. The van der Waals surface area contributed by atoms with Crippen molar-refractivity contribution < 1.29 is 9.32 Å². The molecular weight excluding hydrogens is 372 g/mol. The lowest BCUT2D eigenvalue weighted by Crippen LogP contribution is -2.25. The molecule has 0 atom stereocenters. The Kier molecular flexibility index (Phi) is 6.67. The van der Waals surface area contributed by atoms with Crippen molar-refractivity contribution in [3.8, 4) is 10.7 Å². The van der Waals surface area contributed by atoms with E-state index in [4.69, 9.17) is 4.52 Å². The summed E-state index contributed by atoms with van der Waals surface area (Å²) in [7, 11) is 0. The second-order valence-corrected chi connectivity index (χ2v) is 8.25. The van der Waals surface area contributed by atoms with Crippen LogP contribution < -0.4 is 5.32 Å². The molecule has 3 aromatic rings. The molecule has 0 spiro atoms. The highest BCUT2D eigenvalue weighted by Crippen LogP contribution is 2.22. The van der Waals surface area contributed by atoms with Gasteiger partial charge in [0.25, 0.3) is 5.91 Å². The topological polar surface area (TPSA) is 73.0 Å². The summed E-state index contributed by atoms with van der Waals surface area (Å²) in [5, 5.41) is 9.06. The molecular formula is C21H28N4O2S. The van der Waals surface area contributed by atoms with Gasteiger partial charge in [-0.2, -0.15) is 4.98 Å². The third-order valence-electron chi connectivity index (χ3n) is 4.81. The minimum absolute atomic E-state index is 0.0116. The summed E-state index contributed by atoms with van der Waals surface area (Å²) >= 11 is 1.60. The molecule has 7 heteroatoms. The lowest BCUT2D eigenvalue weighted by Gasteiger charge is -2.13. The number of carbonyl (C=O) groups excluding carboxylic acids is 1. The molecule has 3 aromatic heterocycles. The zero-order valence-corrected chi connectivity index (χ0v) is 17.8. The first-order valence-electron chi connectivity index (χ1n) is 9.80. The van der Waals surface area contributed by atoms with E-state index in [1.54, 1.807) is 11.3 Å². The highest BCUT2D eigenvalue weighted by atomic mass is 32.1. The van der Waals surface area contributed by atoms with Crippen LogP contribution in [0.2, 0.25) is 0 Å². The molecule has 0 saturated heterocycles. The average Bonchev–Trinajstić information content (AvgIpc) is 3.37. The van der Waals surface area contributed by atoms with Crippen molar-refractivity contribution in [1.82, 2.24) is 20.0 Å². The Bertz CT molecular complexity index is 909. The number of unbranched alkanes of at least 4 members (excludes halogenated alkanes) is 2. The number of rotatable bonds is 9. The molecule has 0 unspecified atom stereocenters. The van der Waals surface area contributed by atoms with Gasteiger partial charge >= 0.3 is 0 Å². The second kappa shape index (κ2) is 9.19. The minimum atomic E-state index is 0.0116. The van der Waals surface area contributed by atoms with Gasteiger partial charge in [-0.3, -0.25) is 4.79 Å². The lowest BCUT2D eigenvalue weighted by molar-refractivity contribution is 0.0952. The van der Waals surface area contributed by atoms with E-state index in [1.165, 1.54) is 0 Å². The Morgan fingerprint density at radius 3 is 2.79 bits per heavy atom. The summed E-state index contributed by atoms with van der Waals surface area (Å²) in [5.41, 5.74) is 2.93. The van der Waals surface area contributed by atoms with Crippen molar-refractivity contribution >= 4 is 17.2 Å². The van der Waals surface area contributed by atoms with Crippen molar-refractivity contribution in [2.75, 3.05) is 6.54 Å². The standard InChI is InChI=1S/C21H28N4O2S/c1-14(2)25-15(3)13-17(16(25)4)21(26)22-11-7-5-6-10-19-23-20(24-27-19)18-9-8-12-28-18/h8-9,12-14H,5-7,10-11H2,1-4H3,(H,22,26). The Labute approximate surface area is 170 Å². The van der Waals surface area contributed by atoms with Gasteiger partial charge in [-0.25, -0.2) is 0 Å². The monoisotopic (exact) mass is 400 g/mol. The number of thiophene rings is 1. The van der Waals surface area contributed by atoms with Gasteiger partial charge in [0.1, 0.15) is 0 Å². The first-order valence-corrected chi connectivity index (χ1v) is 10.7. The minimum Gasteiger partial charge on any atom is -0.352 e. The van der Waals surface area contributed by atoms with E-state index in [2.05, 4.69) is 33.9 Å². The quantitative estimate of drug-likeness (QED) is 0.516. The van der Waals surface area contributed by atoms with Crippen LogP contribution in [0, 0.1) is 13.8 Å². The summed E-state index contributed by atoms with van der Waals surface area (Å²) < 4.78 is 7.51. The Morgan fingerprint density at radius 2 is 2.11 bits per heavy atom. The average molecular weight is 401 g/mol. The summed E-state index contributed by atoms with van der Waals surface area (Å²) in [4.78, 5) is 17.9. The number of amides is 1. The zero-order chi connectivity index (χ0) is 20.1. The van der Waals surface area contributed by atoms with E-state index in [1.807, 2.05) is 37.4 Å². The van der Waals surface area contributed by atoms with Crippen LogP contribution in [0.25, 0.3) is 10.7 Å². The van der Waals surface area contributed by atoms with Gasteiger partial charge in [-0.1, -0.05) is 17.6 Å². The van der Waals surface area contributed by atoms with Crippen molar-refractivity contribution in [2.45, 2.75) is 59.4 Å². The summed E-state index contributed by atoms with van der Waals surface area (Å²) in [6, 6.07) is 6.29. The Morgan fingerprint density at radius 1 is 1.29 bits per heavy atom. The van der Waals surface area contributed by atoms with Crippen LogP contribution >= 0.6 is 11.3 Å². The second-order valence-electron chi connectivity index (χ2n) is 7.30. The molecule has 3 heterocycles. The molecule has 150 valence electrons. The lowest BCUT2D eigenvalue weighted by atomic mass is 10.2. The fourth-order valence-corrected chi connectivity index (χ4v) is 4.19. The van der Waals surface area contributed by atoms with Crippen LogP contribution in [0.1, 0.15) is 66.8 Å². The summed E-state index contributed by atoms with van der Waals surface area (Å²) in [6.07, 6.45) is 3.66. The number of nitrogens with one attached hydrogen (secondary N) is 1. The molecule has 1 N–H and O–H groups in total. The van der Waals surface area contributed by atoms with Crippen LogP contribution in [0.4, 0.5) is 0 Å². The number of nitrogens with zero attached hydrogens (tertiary/aromatic N) is 3. The first kappa shape index (κ1) is 20.3. The number of hydrogen-bond donors (Lipinski definition) is 1. The SMILES string of the molecule is Cc1cc(C(=O)NCCCCCc2nc(-c3cccs3)no2)c(C)n1C(C)C. The third kappa shape index (κ3) is 4.70. The van der Waals surface area contributed by atoms with Crippen molar-refractivity contribution in [3.63, 3.8) is 0 Å². The molecule has 0 aliphatic heterocycles. The van der Waals surface area contributed by atoms with Crippen LogP contribution in [0.3, 0.4) is 0 Å². The smallest absolute Gasteiger partial charge is 0.253 e. The molecule has 0 aromatic carbocycles. The zero-order valence-electron chi connectivity index (χ0n) is 17.0. The molecule has 0 saturated carbocycles. The fourth-order valence-electron chi connectivity index (χ4n) is 3.54. The first-order chi connectivity index (χ1) is 13.5. The van der Waals surface area contributed by atoms with Gasteiger partial charge in [-0.15, -0.1) is 11.3 Å². The van der Waals surface area contributed by atoms with Gasteiger partial charge in [0, 0.05) is 30.4 Å². The summed E-state index contributed by atoms with van der Waals surface area (Å²) in [6.45, 7) is 9.00. The number of hydrogen-bond acceptors (Lipinski definition) is 5. The van der Waals surface area contributed by atoms with Crippen molar-refractivity contribution in [3.05, 3.63) is 46.4 Å². The van der Waals surface area contributed by atoms with Crippen LogP contribution in [0.15, 0.2) is 28.1 Å². The molecule has 1 amide bonds. The van der Waals surface area contributed by atoms with Crippen molar-refractivity contribution in [2.24, 2.45) is 0 Å². The van der Waals surface area contributed by atoms with Crippen LogP contribution in [-0.2, 0) is 6.42 Å². The molecule has 0 aliphatic carbocycles. The predicted octanol–water partition coefficient (Wildman–Crippen LogP) is 4.94. The Hall–Kier alpha value is -2.41. The molecule has 0 fully saturated rings. The van der Waals surface area contributed by atoms with Gasteiger partial charge in [-0.05, 0) is 58.0 Å². The molecule has 0 bridgehead atoms. The van der Waals surface area contributed by atoms with Crippen LogP contribution in [0.5, 0.6) is 0 Å². The van der Waals surface area contributed by atoms with Gasteiger partial charge in [0.05, 0.1) is 10.4 Å². The van der Waals surface area contributed by atoms with E-state index in [-0.39, 0.29) is 5.91 Å². The van der Waals surface area contributed by atoms with Gasteiger partial charge in [0.2, 0.25) is 11.7 Å². The highest BCUT2D eigenvalue weighted by Gasteiger charge is 2.16. The molecule has 0 radical (unpaired) electrons. The maximum Gasteiger partial charge on any atom is 0.253 e. The fraction of sp³-hybridized carbons (Fsp3) is 0.476. The van der Waals surface area contributed by atoms with E-state index in [0.717, 1.165) is 47.5 Å². The van der Waals surface area contributed by atoms with Crippen LogP contribution in [-0.4, -0.2) is 27.2 Å². The molecule has 6 nitrogen and oxygen atoms in total. The molecule has 28 heavy (non-hydrogen) atoms. The maximum absolute atomic E-state index is 12.5. The highest BCUT2D eigenvalue weighted by molar-refractivity contribution is 7.13. The molecule has 3 rings (SSSR count). The number of aromatic nitrogens is 3. The maximum atomic E-state index is 12.5. The number of carbonyl (C=O) groups is 1. The van der Waals surface area contributed by atoms with Gasteiger partial charge in [0.15, 0.2) is 0 Å². The summed E-state index contributed by atoms with van der Waals surface area (Å²) in [5.74, 6) is 1.35. The Balaban J connectivity index is 1.38. The van der Waals surface area contributed by atoms with E-state index in [9.17, 15) is 4.79 Å². The van der Waals surface area contributed by atoms with Crippen molar-refractivity contribution in [1.29, 1.82) is 0 Å².